The summed E-state index contributed by atoms with van der Waals surface area (Å²) in [6.45, 7) is 5.95. The summed E-state index contributed by atoms with van der Waals surface area (Å²) in [5, 5.41) is 0. The minimum atomic E-state index is -5.01. The highest BCUT2D eigenvalue weighted by Gasteiger charge is 2.43. The molecule has 0 unspecified atom stereocenters. The Bertz CT molecular complexity index is 647. The van der Waals surface area contributed by atoms with E-state index in [2.05, 4.69) is 16.6 Å². The Morgan fingerprint density at radius 1 is 1.36 bits per heavy atom. The predicted molar refractivity (Wildman–Crippen MR) is 85.5 cm³/mol. The SMILES string of the molecule is CCCN1C[C@H](C)O[C@@H]2Cc3c(cccc3OC(=O)C(F)(F)F)C[C@H]21. The van der Waals surface area contributed by atoms with Crippen molar-refractivity contribution >= 4 is 5.97 Å². The largest absolute Gasteiger partial charge is 0.491 e. The van der Waals surface area contributed by atoms with Crippen molar-refractivity contribution in [3.8, 4) is 5.75 Å². The third-order valence-electron chi connectivity index (χ3n) is 4.81. The summed E-state index contributed by atoms with van der Waals surface area (Å²) in [6.07, 6.45) is -2.87. The van der Waals surface area contributed by atoms with Gasteiger partial charge in [0.15, 0.2) is 0 Å². The van der Waals surface area contributed by atoms with Gasteiger partial charge in [-0.2, -0.15) is 13.2 Å². The first-order valence-corrected chi connectivity index (χ1v) is 8.59. The van der Waals surface area contributed by atoms with Gasteiger partial charge in [-0.25, -0.2) is 4.79 Å². The lowest BCUT2D eigenvalue weighted by Gasteiger charge is -2.47. The number of nitrogens with zero attached hydrogens (tertiary/aromatic N) is 1. The van der Waals surface area contributed by atoms with Gasteiger partial charge in [0.05, 0.1) is 12.2 Å². The molecule has 1 aliphatic heterocycles. The highest BCUT2D eigenvalue weighted by atomic mass is 19.4. The minimum absolute atomic E-state index is 0.0119. The Kier molecular flexibility index (Phi) is 5.06. The fourth-order valence-electron chi connectivity index (χ4n) is 3.84. The van der Waals surface area contributed by atoms with Crippen molar-refractivity contribution in [2.24, 2.45) is 0 Å². The van der Waals surface area contributed by atoms with Crippen molar-refractivity contribution in [1.82, 2.24) is 4.90 Å². The molecule has 0 spiro atoms. The van der Waals surface area contributed by atoms with Crippen LogP contribution in [0.1, 0.15) is 31.4 Å². The van der Waals surface area contributed by atoms with E-state index in [1.165, 1.54) is 6.07 Å². The van der Waals surface area contributed by atoms with E-state index in [1.54, 1.807) is 6.07 Å². The lowest BCUT2D eigenvalue weighted by atomic mass is 9.83. The van der Waals surface area contributed by atoms with E-state index in [0.717, 1.165) is 25.1 Å². The molecule has 138 valence electrons. The zero-order valence-corrected chi connectivity index (χ0v) is 14.3. The first-order valence-electron chi connectivity index (χ1n) is 8.59. The van der Waals surface area contributed by atoms with Gasteiger partial charge in [-0.3, -0.25) is 4.90 Å². The molecule has 2 aliphatic rings. The summed E-state index contributed by atoms with van der Waals surface area (Å²) in [4.78, 5) is 13.6. The number of ether oxygens (including phenoxy) is 2. The number of carbonyl (C=O) groups is 1. The van der Waals surface area contributed by atoms with Crippen molar-refractivity contribution in [1.29, 1.82) is 0 Å². The molecule has 4 nitrogen and oxygen atoms in total. The molecule has 1 aliphatic carbocycles. The summed E-state index contributed by atoms with van der Waals surface area (Å²) in [5.41, 5.74) is 1.57. The van der Waals surface area contributed by atoms with Crippen LogP contribution in [-0.2, 0) is 22.4 Å². The number of carbonyl (C=O) groups excluding carboxylic acids is 1. The lowest BCUT2D eigenvalue weighted by Crippen LogP contribution is -2.57. The summed E-state index contributed by atoms with van der Waals surface area (Å²) in [7, 11) is 0. The molecule has 0 N–H and O–H groups in total. The smallest absolute Gasteiger partial charge is 0.420 e. The molecular weight excluding hydrogens is 335 g/mol. The Labute approximate surface area is 144 Å². The number of halogens is 3. The number of alkyl halides is 3. The number of rotatable bonds is 3. The molecule has 3 rings (SSSR count). The van der Waals surface area contributed by atoms with E-state index in [1.807, 2.05) is 13.0 Å². The molecule has 0 amide bonds. The standard InChI is InChI=1S/C18H22F3NO3/c1-3-7-22-10-11(2)24-16-9-13-12(8-14(16)22)5-4-6-15(13)25-17(23)18(19,20)21/h4-6,11,14,16H,3,7-10H2,1-2H3/t11-,14+,16+/m0/s1. The second-order valence-electron chi connectivity index (χ2n) is 6.74. The monoisotopic (exact) mass is 357 g/mol. The average molecular weight is 357 g/mol. The average Bonchev–Trinajstić information content (AvgIpc) is 2.53. The molecule has 1 fully saturated rings. The second-order valence-corrected chi connectivity index (χ2v) is 6.74. The number of morpholine rings is 1. The van der Waals surface area contributed by atoms with Crippen LogP contribution in [0.5, 0.6) is 5.75 Å². The topological polar surface area (TPSA) is 38.8 Å². The number of esters is 1. The van der Waals surface area contributed by atoms with Crippen molar-refractivity contribution in [3.05, 3.63) is 29.3 Å². The molecule has 1 heterocycles. The van der Waals surface area contributed by atoms with E-state index < -0.39 is 12.1 Å². The van der Waals surface area contributed by atoms with Gasteiger partial charge >= 0.3 is 12.1 Å². The molecule has 1 saturated heterocycles. The van der Waals surface area contributed by atoms with Crippen LogP contribution in [0.3, 0.4) is 0 Å². The first-order chi connectivity index (χ1) is 11.8. The molecular formula is C18H22F3NO3. The molecule has 0 saturated carbocycles. The first kappa shape index (κ1) is 18.2. The summed E-state index contributed by atoms with van der Waals surface area (Å²) in [5.74, 6) is -2.20. The van der Waals surface area contributed by atoms with Gasteiger partial charge in [-0.1, -0.05) is 19.1 Å². The number of hydrogen-bond acceptors (Lipinski definition) is 4. The molecule has 1 aromatic rings. The zero-order valence-electron chi connectivity index (χ0n) is 14.3. The van der Waals surface area contributed by atoms with Gasteiger partial charge in [-0.15, -0.1) is 0 Å². The zero-order chi connectivity index (χ0) is 18.2. The van der Waals surface area contributed by atoms with Crippen molar-refractivity contribution in [2.45, 2.75) is 57.5 Å². The van der Waals surface area contributed by atoms with Gasteiger partial charge < -0.3 is 9.47 Å². The summed E-state index contributed by atoms with van der Waals surface area (Å²) < 4.78 is 48.2. The molecule has 25 heavy (non-hydrogen) atoms. The highest BCUT2D eigenvalue weighted by molar-refractivity contribution is 5.78. The van der Waals surface area contributed by atoms with Crippen molar-refractivity contribution in [2.75, 3.05) is 13.1 Å². The maximum absolute atomic E-state index is 12.5. The van der Waals surface area contributed by atoms with Crippen LogP contribution in [0.4, 0.5) is 13.2 Å². The summed E-state index contributed by atoms with van der Waals surface area (Å²) >= 11 is 0. The van der Waals surface area contributed by atoms with Crippen LogP contribution in [0.15, 0.2) is 18.2 Å². The van der Waals surface area contributed by atoms with Crippen molar-refractivity contribution in [3.63, 3.8) is 0 Å². The van der Waals surface area contributed by atoms with Crippen LogP contribution in [0.2, 0.25) is 0 Å². The third kappa shape index (κ3) is 3.82. The fourth-order valence-corrected chi connectivity index (χ4v) is 3.84. The van der Waals surface area contributed by atoms with Gasteiger partial charge in [0.1, 0.15) is 5.75 Å². The predicted octanol–water partition coefficient (Wildman–Crippen LogP) is 3.12. The van der Waals surface area contributed by atoms with Crippen LogP contribution < -0.4 is 4.74 Å². The Balaban J connectivity index is 1.86. The molecule has 0 aromatic heterocycles. The maximum Gasteiger partial charge on any atom is 0.491 e. The molecule has 7 heteroatoms. The maximum atomic E-state index is 12.5. The molecule has 0 bridgehead atoms. The normalized spacial score (nSPS) is 26.7. The van der Waals surface area contributed by atoms with Crippen LogP contribution in [0.25, 0.3) is 0 Å². The van der Waals surface area contributed by atoms with Crippen LogP contribution in [0, 0.1) is 0 Å². The van der Waals surface area contributed by atoms with Gasteiger partial charge in [0.2, 0.25) is 0 Å². The minimum Gasteiger partial charge on any atom is -0.420 e. The molecule has 3 atom stereocenters. The number of hydrogen-bond donors (Lipinski definition) is 0. The van der Waals surface area contributed by atoms with Gasteiger partial charge in [0, 0.05) is 24.6 Å². The highest BCUT2D eigenvalue weighted by Crippen LogP contribution is 2.36. The molecule has 1 aromatic carbocycles. The Morgan fingerprint density at radius 2 is 2.12 bits per heavy atom. The van der Waals surface area contributed by atoms with Gasteiger partial charge in [0.25, 0.3) is 0 Å². The van der Waals surface area contributed by atoms with E-state index in [4.69, 9.17) is 4.74 Å². The lowest BCUT2D eigenvalue weighted by molar-refractivity contribution is -0.189. The Hall–Kier alpha value is -1.60. The number of benzene rings is 1. The van der Waals surface area contributed by atoms with E-state index >= 15 is 0 Å². The van der Waals surface area contributed by atoms with Crippen LogP contribution in [-0.4, -0.2) is 48.4 Å². The third-order valence-corrected chi connectivity index (χ3v) is 4.81. The Morgan fingerprint density at radius 3 is 2.80 bits per heavy atom. The number of fused-ring (bicyclic) bond motifs is 2. The van der Waals surface area contributed by atoms with E-state index in [0.29, 0.717) is 18.4 Å². The quantitative estimate of drug-likeness (QED) is 0.615. The van der Waals surface area contributed by atoms with Crippen LogP contribution >= 0.6 is 0 Å². The molecule has 0 radical (unpaired) electrons. The summed E-state index contributed by atoms with van der Waals surface area (Å²) in [6, 6.07) is 5.14. The second kappa shape index (κ2) is 6.96. The fraction of sp³-hybridized carbons (Fsp3) is 0.611. The van der Waals surface area contributed by atoms with Crippen molar-refractivity contribution < 1.29 is 27.4 Å². The van der Waals surface area contributed by atoms with E-state index in [-0.39, 0.29) is 24.0 Å². The van der Waals surface area contributed by atoms with E-state index in [9.17, 15) is 18.0 Å². The van der Waals surface area contributed by atoms with Gasteiger partial charge in [-0.05, 0) is 37.9 Å².